The monoisotopic (exact) mass is 488 g/mol. The number of hydrogen-bond donors (Lipinski definition) is 3. The molecule has 1 aliphatic rings. The van der Waals surface area contributed by atoms with Crippen molar-refractivity contribution >= 4 is 18.1 Å². The van der Waals surface area contributed by atoms with Gasteiger partial charge >= 0.3 is 5.97 Å². The van der Waals surface area contributed by atoms with E-state index in [2.05, 4.69) is 0 Å². The minimum Gasteiger partial charge on any atom is -0.497 e. The molecule has 0 aromatic heterocycles. The van der Waals surface area contributed by atoms with E-state index >= 15 is 0 Å². The van der Waals surface area contributed by atoms with Gasteiger partial charge in [-0.05, 0) is 41.8 Å². The molecule has 5 atom stereocenters. The fourth-order valence-corrected chi connectivity index (χ4v) is 3.52. The number of carbonyl (C=O) groups is 1. The number of aliphatic hydroxyl groups is 3. The third-order valence-corrected chi connectivity index (χ3v) is 5.51. The normalized spacial score (nSPS) is 24.2. The Morgan fingerprint density at radius 2 is 1.54 bits per heavy atom. The Balaban J connectivity index is 1.74. The number of hydrogen-bond acceptors (Lipinski definition) is 9. The standard InChI is InChI=1S/C26H32O9/c1-4-5-22(27)33-15-21-23(28)24(29)25(30)26(35-21)34-20-13-17(12-19(14-20)32-3)7-6-16-8-10-18(31-2)11-9-16/h6-14,21,23-26,28-30H,4-5,15H2,1-3H3/b7-6+/t21-,23-,24+,25-,26-/m1/s1. The second kappa shape index (κ2) is 12.6. The number of carbonyl (C=O) groups excluding carboxylic acids is 1. The van der Waals surface area contributed by atoms with Crippen molar-refractivity contribution in [3.05, 3.63) is 53.6 Å². The minimum atomic E-state index is -1.55. The van der Waals surface area contributed by atoms with Crippen molar-refractivity contribution < 1.29 is 43.8 Å². The van der Waals surface area contributed by atoms with E-state index in [1.807, 2.05) is 43.3 Å². The number of ether oxygens (including phenoxy) is 5. The largest absolute Gasteiger partial charge is 0.497 e. The average Bonchev–Trinajstić information content (AvgIpc) is 2.87. The van der Waals surface area contributed by atoms with Gasteiger partial charge in [-0.2, -0.15) is 0 Å². The zero-order chi connectivity index (χ0) is 25.4. The number of esters is 1. The molecule has 0 radical (unpaired) electrons. The Morgan fingerprint density at radius 1 is 0.886 bits per heavy atom. The number of rotatable bonds is 10. The fraction of sp³-hybridized carbons (Fsp3) is 0.423. The van der Waals surface area contributed by atoms with Crippen LogP contribution in [0.25, 0.3) is 12.2 Å². The molecule has 2 aromatic rings. The first-order valence-corrected chi connectivity index (χ1v) is 11.4. The summed E-state index contributed by atoms with van der Waals surface area (Å²) in [7, 11) is 3.12. The van der Waals surface area contributed by atoms with Crippen LogP contribution >= 0.6 is 0 Å². The van der Waals surface area contributed by atoms with E-state index in [4.69, 9.17) is 23.7 Å². The Kier molecular flexibility index (Phi) is 9.50. The van der Waals surface area contributed by atoms with Gasteiger partial charge in [-0.3, -0.25) is 4.79 Å². The Labute approximate surface area is 204 Å². The van der Waals surface area contributed by atoms with Crippen molar-refractivity contribution in [1.29, 1.82) is 0 Å². The lowest BCUT2D eigenvalue weighted by molar-refractivity contribution is -0.278. The van der Waals surface area contributed by atoms with Crippen molar-refractivity contribution in [3.63, 3.8) is 0 Å². The smallest absolute Gasteiger partial charge is 0.305 e. The van der Waals surface area contributed by atoms with Gasteiger partial charge < -0.3 is 39.0 Å². The molecule has 1 aliphatic heterocycles. The molecular weight excluding hydrogens is 456 g/mol. The lowest BCUT2D eigenvalue weighted by Crippen LogP contribution is -2.60. The zero-order valence-corrected chi connectivity index (χ0v) is 20.0. The topological polar surface area (TPSA) is 124 Å². The third-order valence-electron chi connectivity index (χ3n) is 5.51. The summed E-state index contributed by atoms with van der Waals surface area (Å²) in [6.07, 6.45) is -2.30. The highest BCUT2D eigenvalue weighted by atomic mass is 16.7. The van der Waals surface area contributed by atoms with Gasteiger partial charge in [-0.15, -0.1) is 0 Å². The molecule has 1 saturated heterocycles. The Morgan fingerprint density at radius 3 is 2.20 bits per heavy atom. The average molecular weight is 489 g/mol. The quantitative estimate of drug-likeness (QED) is 0.342. The molecule has 9 nitrogen and oxygen atoms in total. The van der Waals surface area contributed by atoms with Gasteiger partial charge in [0.25, 0.3) is 0 Å². The summed E-state index contributed by atoms with van der Waals surface area (Å²) in [5.74, 6) is 1.14. The molecule has 0 saturated carbocycles. The predicted octanol–water partition coefficient (Wildman–Crippen LogP) is 2.40. The lowest BCUT2D eigenvalue weighted by atomic mass is 9.99. The highest BCUT2D eigenvalue weighted by Gasteiger charge is 2.45. The summed E-state index contributed by atoms with van der Waals surface area (Å²) in [4.78, 5) is 11.7. The molecule has 0 amide bonds. The van der Waals surface area contributed by atoms with Crippen molar-refractivity contribution in [2.45, 2.75) is 50.5 Å². The first-order valence-electron chi connectivity index (χ1n) is 11.4. The van der Waals surface area contributed by atoms with Crippen molar-refractivity contribution in [2.24, 2.45) is 0 Å². The predicted molar refractivity (Wildman–Crippen MR) is 128 cm³/mol. The van der Waals surface area contributed by atoms with Crippen molar-refractivity contribution in [2.75, 3.05) is 20.8 Å². The molecule has 0 aliphatic carbocycles. The van der Waals surface area contributed by atoms with E-state index in [0.717, 1.165) is 16.9 Å². The molecule has 1 fully saturated rings. The highest BCUT2D eigenvalue weighted by Crippen LogP contribution is 2.29. The van der Waals surface area contributed by atoms with Crippen LogP contribution in [-0.4, -0.2) is 72.8 Å². The molecule has 35 heavy (non-hydrogen) atoms. The van der Waals surface area contributed by atoms with Crippen LogP contribution < -0.4 is 14.2 Å². The van der Waals surface area contributed by atoms with Gasteiger partial charge in [0, 0.05) is 12.5 Å². The number of benzene rings is 2. The molecular formula is C26H32O9. The van der Waals surface area contributed by atoms with Gasteiger partial charge in [0.1, 0.15) is 48.3 Å². The van der Waals surface area contributed by atoms with Crippen LogP contribution in [0.5, 0.6) is 17.2 Å². The van der Waals surface area contributed by atoms with Crippen LogP contribution in [0.1, 0.15) is 30.9 Å². The summed E-state index contributed by atoms with van der Waals surface area (Å²) in [5.41, 5.74) is 1.71. The number of methoxy groups -OCH3 is 2. The maximum atomic E-state index is 11.7. The maximum Gasteiger partial charge on any atom is 0.305 e. The van der Waals surface area contributed by atoms with E-state index < -0.39 is 36.7 Å². The van der Waals surface area contributed by atoms with Crippen LogP contribution in [0.2, 0.25) is 0 Å². The van der Waals surface area contributed by atoms with E-state index in [9.17, 15) is 20.1 Å². The Bertz CT molecular complexity index is 989. The van der Waals surface area contributed by atoms with Gasteiger partial charge in [0.2, 0.25) is 6.29 Å². The van der Waals surface area contributed by atoms with E-state index in [-0.39, 0.29) is 13.0 Å². The molecule has 0 spiro atoms. The maximum absolute atomic E-state index is 11.7. The molecule has 190 valence electrons. The molecule has 0 unspecified atom stereocenters. The molecule has 1 heterocycles. The fourth-order valence-electron chi connectivity index (χ4n) is 3.52. The Hall–Kier alpha value is -3.11. The highest BCUT2D eigenvalue weighted by molar-refractivity contribution is 5.71. The van der Waals surface area contributed by atoms with Gasteiger partial charge in [-0.1, -0.05) is 31.2 Å². The third kappa shape index (κ3) is 7.19. The minimum absolute atomic E-state index is 0.227. The lowest BCUT2D eigenvalue weighted by Gasteiger charge is -2.39. The molecule has 3 N–H and O–H groups in total. The second-order valence-electron chi connectivity index (χ2n) is 8.11. The van der Waals surface area contributed by atoms with Crippen LogP contribution in [-0.2, 0) is 14.3 Å². The number of aliphatic hydroxyl groups excluding tert-OH is 3. The van der Waals surface area contributed by atoms with Crippen LogP contribution in [0.4, 0.5) is 0 Å². The van der Waals surface area contributed by atoms with E-state index in [1.54, 1.807) is 25.3 Å². The first kappa shape index (κ1) is 26.5. The second-order valence-corrected chi connectivity index (χ2v) is 8.11. The molecule has 0 bridgehead atoms. The SMILES string of the molecule is CCCC(=O)OC[C@H]1O[C@@H](Oc2cc(/C=C/c3ccc(OC)cc3)cc(OC)c2)[C@H](O)[C@@H](O)[C@@H]1O. The summed E-state index contributed by atoms with van der Waals surface area (Å²) in [6, 6.07) is 12.7. The van der Waals surface area contributed by atoms with Gasteiger partial charge in [0.15, 0.2) is 0 Å². The molecule has 3 rings (SSSR count). The van der Waals surface area contributed by atoms with Crippen molar-refractivity contribution in [1.82, 2.24) is 0 Å². The van der Waals surface area contributed by atoms with Crippen LogP contribution in [0.3, 0.4) is 0 Å². The van der Waals surface area contributed by atoms with Crippen LogP contribution in [0, 0.1) is 0 Å². The van der Waals surface area contributed by atoms with E-state index in [0.29, 0.717) is 17.9 Å². The summed E-state index contributed by atoms with van der Waals surface area (Å²) in [5, 5.41) is 31.0. The molecule has 2 aromatic carbocycles. The molecule has 9 heteroatoms. The first-order chi connectivity index (χ1) is 16.8. The van der Waals surface area contributed by atoms with Gasteiger partial charge in [0.05, 0.1) is 14.2 Å². The van der Waals surface area contributed by atoms with Crippen molar-refractivity contribution in [3.8, 4) is 17.2 Å². The van der Waals surface area contributed by atoms with Gasteiger partial charge in [-0.25, -0.2) is 0 Å². The summed E-state index contributed by atoms with van der Waals surface area (Å²) < 4.78 is 27.1. The zero-order valence-electron chi connectivity index (χ0n) is 20.0. The summed E-state index contributed by atoms with van der Waals surface area (Å²) in [6.45, 7) is 1.56. The van der Waals surface area contributed by atoms with E-state index in [1.165, 1.54) is 7.11 Å². The van der Waals surface area contributed by atoms with Crippen LogP contribution in [0.15, 0.2) is 42.5 Å². The summed E-state index contributed by atoms with van der Waals surface area (Å²) >= 11 is 0.